The molecular weight excluding hydrogens is 343 g/mol. The van der Waals surface area contributed by atoms with Crippen LogP contribution < -0.4 is 5.69 Å². The van der Waals surface area contributed by atoms with Gasteiger partial charge in [-0.15, -0.1) is 0 Å². The van der Waals surface area contributed by atoms with Crippen LogP contribution in [0.4, 0.5) is 4.39 Å². The Hall–Kier alpha value is -2.41. The van der Waals surface area contributed by atoms with Crippen molar-refractivity contribution in [2.75, 3.05) is 0 Å². The number of carboxylic acids is 1. The van der Waals surface area contributed by atoms with E-state index in [-0.39, 0.29) is 5.56 Å². The number of nitrogens with one attached hydrogen (secondary N) is 1. The first kappa shape index (κ1) is 13.6. The van der Waals surface area contributed by atoms with Crippen molar-refractivity contribution in [3.8, 4) is 5.69 Å². The molecule has 0 saturated carbocycles. The first-order valence-electron chi connectivity index (χ1n) is 5.91. The number of benzene rings is 2. The molecule has 0 fully saturated rings. The van der Waals surface area contributed by atoms with E-state index in [0.717, 1.165) is 0 Å². The summed E-state index contributed by atoms with van der Waals surface area (Å²) in [6.45, 7) is 0. The number of H-pyrrole nitrogens is 1. The van der Waals surface area contributed by atoms with Crippen LogP contribution in [0.3, 0.4) is 0 Å². The van der Waals surface area contributed by atoms with Crippen LogP contribution in [-0.4, -0.2) is 20.6 Å². The summed E-state index contributed by atoms with van der Waals surface area (Å²) < 4.78 is 14.9. The molecule has 0 amide bonds. The number of carbonyl (C=O) groups is 1. The topological polar surface area (TPSA) is 75.1 Å². The number of rotatable bonds is 2. The molecule has 0 bridgehead atoms. The van der Waals surface area contributed by atoms with Crippen LogP contribution in [0, 0.1) is 5.82 Å². The van der Waals surface area contributed by atoms with Crippen molar-refractivity contribution < 1.29 is 14.3 Å². The molecule has 106 valence electrons. The van der Waals surface area contributed by atoms with Gasteiger partial charge in [-0.3, -0.25) is 4.57 Å². The summed E-state index contributed by atoms with van der Waals surface area (Å²) in [5, 5.41) is 9.05. The second-order valence-electron chi connectivity index (χ2n) is 4.40. The van der Waals surface area contributed by atoms with Crippen LogP contribution in [-0.2, 0) is 0 Å². The summed E-state index contributed by atoms with van der Waals surface area (Å²) in [5.41, 5.74) is 0.969. The SMILES string of the molecule is O=C(O)c1ccc2[nH]c(=O)n(-c3ccc(F)cc3Br)c2c1. The molecule has 3 aromatic rings. The smallest absolute Gasteiger partial charge is 0.335 e. The molecule has 1 aromatic heterocycles. The summed E-state index contributed by atoms with van der Waals surface area (Å²) in [6, 6.07) is 8.24. The zero-order chi connectivity index (χ0) is 15.1. The van der Waals surface area contributed by atoms with Gasteiger partial charge in [0.1, 0.15) is 5.82 Å². The van der Waals surface area contributed by atoms with E-state index in [0.29, 0.717) is 21.2 Å². The lowest BCUT2D eigenvalue weighted by atomic mass is 10.2. The number of imidazole rings is 1. The molecule has 3 rings (SSSR count). The summed E-state index contributed by atoms with van der Waals surface area (Å²) in [7, 11) is 0. The molecule has 1 heterocycles. The standard InChI is InChI=1S/C14H8BrFN2O3/c15-9-6-8(16)2-4-11(9)18-12-5-7(13(19)20)1-3-10(12)17-14(18)21/h1-6H,(H,17,21)(H,19,20). The molecular formula is C14H8BrFN2O3. The van der Waals surface area contributed by atoms with Gasteiger partial charge in [0, 0.05) is 4.47 Å². The molecule has 7 heteroatoms. The van der Waals surface area contributed by atoms with E-state index in [1.165, 1.54) is 41.0 Å². The highest BCUT2D eigenvalue weighted by Gasteiger charge is 2.14. The molecule has 0 aliphatic heterocycles. The predicted octanol–water partition coefficient (Wildman–Crippen LogP) is 2.92. The number of halogens is 2. The molecule has 0 atom stereocenters. The number of fused-ring (bicyclic) bond motifs is 1. The highest BCUT2D eigenvalue weighted by Crippen LogP contribution is 2.24. The zero-order valence-corrected chi connectivity index (χ0v) is 12.0. The van der Waals surface area contributed by atoms with E-state index in [4.69, 9.17) is 5.11 Å². The quantitative estimate of drug-likeness (QED) is 0.746. The Morgan fingerprint density at radius 1 is 1.24 bits per heavy atom. The maximum atomic E-state index is 13.2. The lowest BCUT2D eigenvalue weighted by Gasteiger charge is -2.06. The first-order chi connectivity index (χ1) is 9.97. The van der Waals surface area contributed by atoms with Crippen molar-refractivity contribution in [3.05, 3.63) is 62.7 Å². The molecule has 0 spiro atoms. The van der Waals surface area contributed by atoms with E-state index >= 15 is 0 Å². The number of hydrogen-bond donors (Lipinski definition) is 2. The number of aromatic amines is 1. The van der Waals surface area contributed by atoms with Gasteiger partial charge < -0.3 is 10.1 Å². The average Bonchev–Trinajstić information content (AvgIpc) is 2.74. The van der Waals surface area contributed by atoms with E-state index in [1.54, 1.807) is 0 Å². The van der Waals surface area contributed by atoms with E-state index in [9.17, 15) is 14.0 Å². The van der Waals surface area contributed by atoms with Crippen LogP contribution in [0.25, 0.3) is 16.7 Å². The summed E-state index contributed by atoms with van der Waals surface area (Å²) >= 11 is 3.21. The van der Waals surface area contributed by atoms with Gasteiger partial charge in [0.2, 0.25) is 0 Å². The van der Waals surface area contributed by atoms with Crippen LogP contribution in [0.2, 0.25) is 0 Å². The Bertz CT molecular complexity index is 930. The number of carboxylic acid groups (broad SMARTS) is 1. The van der Waals surface area contributed by atoms with Gasteiger partial charge in [-0.25, -0.2) is 14.0 Å². The summed E-state index contributed by atoms with van der Waals surface area (Å²) in [4.78, 5) is 25.8. The van der Waals surface area contributed by atoms with Crippen molar-refractivity contribution in [1.82, 2.24) is 9.55 Å². The van der Waals surface area contributed by atoms with Gasteiger partial charge in [0.05, 0.1) is 22.3 Å². The van der Waals surface area contributed by atoms with E-state index in [2.05, 4.69) is 20.9 Å². The zero-order valence-electron chi connectivity index (χ0n) is 10.4. The number of hydrogen-bond acceptors (Lipinski definition) is 2. The Labute approximate surface area is 125 Å². The van der Waals surface area contributed by atoms with Gasteiger partial charge >= 0.3 is 11.7 Å². The molecule has 0 radical (unpaired) electrons. The molecule has 0 saturated heterocycles. The second kappa shape index (κ2) is 4.85. The number of aromatic carboxylic acids is 1. The minimum atomic E-state index is -1.09. The molecule has 0 aliphatic carbocycles. The Morgan fingerprint density at radius 2 is 2.00 bits per heavy atom. The van der Waals surface area contributed by atoms with Crippen molar-refractivity contribution >= 4 is 32.9 Å². The fraction of sp³-hybridized carbons (Fsp3) is 0. The third-order valence-electron chi connectivity index (χ3n) is 3.08. The number of aromatic nitrogens is 2. The normalized spacial score (nSPS) is 11.0. The summed E-state index contributed by atoms with van der Waals surface area (Å²) in [6.07, 6.45) is 0. The van der Waals surface area contributed by atoms with Crippen LogP contribution >= 0.6 is 15.9 Å². The summed E-state index contributed by atoms with van der Waals surface area (Å²) in [5.74, 6) is -1.53. The Morgan fingerprint density at radius 3 is 2.67 bits per heavy atom. The number of nitrogens with zero attached hydrogens (tertiary/aromatic N) is 1. The van der Waals surface area contributed by atoms with Crippen LogP contribution in [0.1, 0.15) is 10.4 Å². The van der Waals surface area contributed by atoms with Crippen LogP contribution in [0.15, 0.2) is 45.7 Å². The fourth-order valence-corrected chi connectivity index (χ4v) is 2.67. The Balaban J connectivity index is 2.35. The second-order valence-corrected chi connectivity index (χ2v) is 5.25. The third kappa shape index (κ3) is 2.25. The van der Waals surface area contributed by atoms with Crippen molar-refractivity contribution in [1.29, 1.82) is 0 Å². The van der Waals surface area contributed by atoms with Crippen LogP contribution in [0.5, 0.6) is 0 Å². The average molecular weight is 351 g/mol. The minimum absolute atomic E-state index is 0.0634. The first-order valence-corrected chi connectivity index (χ1v) is 6.70. The van der Waals surface area contributed by atoms with Gasteiger partial charge in [-0.05, 0) is 52.3 Å². The van der Waals surface area contributed by atoms with Crippen molar-refractivity contribution in [3.63, 3.8) is 0 Å². The molecule has 0 aliphatic rings. The van der Waals surface area contributed by atoms with E-state index < -0.39 is 17.5 Å². The predicted molar refractivity (Wildman–Crippen MR) is 78.5 cm³/mol. The van der Waals surface area contributed by atoms with Crippen molar-refractivity contribution in [2.24, 2.45) is 0 Å². The minimum Gasteiger partial charge on any atom is -0.478 e. The van der Waals surface area contributed by atoms with E-state index in [1.807, 2.05) is 0 Å². The molecule has 5 nitrogen and oxygen atoms in total. The maximum absolute atomic E-state index is 13.2. The molecule has 21 heavy (non-hydrogen) atoms. The monoisotopic (exact) mass is 350 g/mol. The largest absolute Gasteiger partial charge is 0.478 e. The maximum Gasteiger partial charge on any atom is 0.335 e. The molecule has 2 N–H and O–H groups in total. The fourth-order valence-electron chi connectivity index (χ4n) is 2.14. The van der Waals surface area contributed by atoms with Gasteiger partial charge in [0.15, 0.2) is 0 Å². The third-order valence-corrected chi connectivity index (χ3v) is 3.72. The Kier molecular flexibility index (Phi) is 3.13. The van der Waals surface area contributed by atoms with Gasteiger partial charge in [0.25, 0.3) is 0 Å². The van der Waals surface area contributed by atoms with Gasteiger partial charge in [-0.2, -0.15) is 0 Å². The lowest BCUT2D eigenvalue weighted by molar-refractivity contribution is 0.0697. The molecule has 0 unspecified atom stereocenters. The highest BCUT2D eigenvalue weighted by atomic mass is 79.9. The van der Waals surface area contributed by atoms with Crippen molar-refractivity contribution in [2.45, 2.75) is 0 Å². The highest BCUT2D eigenvalue weighted by molar-refractivity contribution is 9.10. The molecule has 2 aromatic carbocycles. The van der Waals surface area contributed by atoms with Gasteiger partial charge in [-0.1, -0.05) is 0 Å². The lowest BCUT2D eigenvalue weighted by Crippen LogP contribution is -2.15.